The highest BCUT2D eigenvalue weighted by molar-refractivity contribution is 6.22. The maximum Gasteiger partial charge on any atom is 0.0718 e. The number of benzene rings is 2. The average Bonchev–Trinajstić information content (AvgIpc) is 2.73. The lowest BCUT2D eigenvalue weighted by molar-refractivity contribution is 0.262. The molecule has 154 valence electrons. The van der Waals surface area contributed by atoms with Gasteiger partial charge in [-0.05, 0) is 79.1 Å². The Hall–Kier alpha value is -1.05. The zero-order valence-corrected chi connectivity index (χ0v) is 18.7. The molecule has 0 spiro atoms. The lowest BCUT2D eigenvalue weighted by atomic mass is 9.85. The van der Waals surface area contributed by atoms with Crippen LogP contribution in [0.4, 0.5) is 0 Å². The lowest BCUT2D eigenvalue weighted by Gasteiger charge is -2.27. The molecular formula is C26H38ClN. The molecule has 0 aromatic heterocycles. The fraction of sp³-hybridized carbons (Fsp3) is 0.615. The summed E-state index contributed by atoms with van der Waals surface area (Å²) in [6.07, 6.45) is 12.9. The third-order valence-electron chi connectivity index (χ3n) is 6.32. The Morgan fingerprint density at radius 2 is 1.54 bits per heavy atom. The van der Waals surface area contributed by atoms with Crippen molar-refractivity contribution in [3.63, 3.8) is 0 Å². The SMILES string of the molecule is CCCCCN(CCCCC)CC(Cl)c1cc2c(c3ccccc13)CCCC2. The Bertz CT molecular complexity index is 729. The monoisotopic (exact) mass is 399 g/mol. The lowest BCUT2D eigenvalue weighted by Crippen LogP contribution is -2.29. The number of fused-ring (bicyclic) bond motifs is 3. The first-order chi connectivity index (χ1) is 13.7. The Balaban J connectivity index is 1.81. The number of rotatable bonds is 11. The van der Waals surface area contributed by atoms with Gasteiger partial charge in [-0.1, -0.05) is 69.9 Å². The molecule has 28 heavy (non-hydrogen) atoms. The number of nitrogens with zero attached hydrogens (tertiary/aromatic N) is 1. The number of hydrogen-bond acceptors (Lipinski definition) is 1. The third kappa shape index (κ3) is 5.51. The minimum atomic E-state index is 0.0698. The fourth-order valence-corrected chi connectivity index (χ4v) is 5.08. The van der Waals surface area contributed by atoms with E-state index in [0.29, 0.717) is 0 Å². The van der Waals surface area contributed by atoms with Crippen molar-refractivity contribution in [2.75, 3.05) is 19.6 Å². The molecule has 0 aliphatic heterocycles. The molecule has 0 saturated carbocycles. The molecule has 1 atom stereocenters. The number of aryl methyl sites for hydroxylation is 2. The predicted octanol–water partition coefficient (Wildman–Crippen LogP) is 7.68. The fourth-order valence-electron chi connectivity index (χ4n) is 4.71. The number of halogens is 1. The molecule has 3 rings (SSSR count). The number of alkyl halides is 1. The molecule has 0 fully saturated rings. The highest BCUT2D eigenvalue weighted by Gasteiger charge is 2.20. The van der Waals surface area contributed by atoms with Crippen LogP contribution in [-0.4, -0.2) is 24.5 Å². The van der Waals surface area contributed by atoms with Crippen LogP contribution in [0.5, 0.6) is 0 Å². The summed E-state index contributed by atoms with van der Waals surface area (Å²) in [7, 11) is 0. The predicted molar refractivity (Wildman–Crippen MR) is 125 cm³/mol. The van der Waals surface area contributed by atoms with Gasteiger partial charge in [-0.2, -0.15) is 0 Å². The van der Waals surface area contributed by atoms with Gasteiger partial charge in [0.1, 0.15) is 0 Å². The van der Waals surface area contributed by atoms with E-state index in [1.54, 1.807) is 11.1 Å². The molecule has 0 radical (unpaired) electrons. The molecule has 1 aliphatic rings. The minimum Gasteiger partial charge on any atom is -0.302 e. The van der Waals surface area contributed by atoms with Crippen LogP contribution in [0.15, 0.2) is 30.3 Å². The van der Waals surface area contributed by atoms with Crippen LogP contribution in [0.1, 0.15) is 87.3 Å². The van der Waals surface area contributed by atoms with Crippen molar-refractivity contribution in [1.82, 2.24) is 4.90 Å². The summed E-state index contributed by atoms with van der Waals surface area (Å²) < 4.78 is 0. The average molecular weight is 400 g/mol. The van der Waals surface area contributed by atoms with E-state index in [4.69, 9.17) is 11.6 Å². The van der Waals surface area contributed by atoms with Crippen molar-refractivity contribution in [2.24, 2.45) is 0 Å². The van der Waals surface area contributed by atoms with Crippen molar-refractivity contribution in [3.05, 3.63) is 47.0 Å². The second-order valence-corrected chi connectivity index (χ2v) is 9.07. The van der Waals surface area contributed by atoms with Crippen molar-refractivity contribution < 1.29 is 0 Å². The van der Waals surface area contributed by atoms with Crippen LogP contribution in [-0.2, 0) is 12.8 Å². The third-order valence-corrected chi connectivity index (χ3v) is 6.69. The Labute approximate surface area is 177 Å². The van der Waals surface area contributed by atoms with E-state index in [9.17, 15) is 0 Å². The van der Waals surface area contributed by atoms with E-state index in [2.05, 4.69) is 49.1 Å². The molecule has 1 unspecified atom stereocenters. The molecule has 0 heterocycles. The van der Waals surface area contributed by atoms with Crippen LogP contribution in [0.2, 0.25) is 0 Å². The summed E-state index contributed by atoms with van der Waals surface area (Å²) in [5, 5.41) is 2.90. The molecular weight excluding hydrogens is 362 g/mol. The Morgan fingerprint density at radius 3 is 2.21 bits per heavy atom. The zero-order valence-electron chi connectivity index (χ0n) is 18.0. The molecule has 0 N–H and O–H groups in total. The molecule has 2 aromatic carbocycles. The van der Waals surface area contributed by atoms with E-state index in [0.717, 1.165) is 6.54 Å². The summed E-state index contributed by atoms with van der Waals surface area (Å²) in [6.45, 7) is 7.90. The first-order valence-electron chi connectivity index (χ1n) is 11.6. The summed E-state index contributed by atoms with van der Waals surface area (Å²) in [5.41, 5.74) is 4.49. The van der Waals surface area contributed by atoms with Gasteiger partial charge in [-0.3, -0.25) is 0 Å². The van der Waals surface area contributed by atoms with Crippen molar-refractivity contribution >= 4 is 22.4 Å². The van der Waals surface area contributed by atoms with Crippen molar-refractivity contribution in [2.45, 2.75) is 83.4 Å². The van der Waals surface area contributed by atoms with Crippen molar-refractivity contribution in [1.29, 1.82) is 0 Å². The normalized spacial score (nSPS) is 15.1. The van der Waals surface area contributed by atoms with Crippen molar-refractivity contribution in [3.8, 4) is 0 Å². The van der Waals surface area contributed by atoms with Crippen LogP contribution >= 0.6 is 11.6 Å². The second-order valence-electron chi connectivity index (χ2n) is 8.54. The number of unbranched alkanes of at least 4 members (excludes halogenated alkanes) is 4. The van der Waals surface area contributed by atoms with E-state index >= 15 is 0 Å². The largest absolute Gasteiger partial charge is 0.302 e. The van der Waals surface area contributed by atoms with E-state index in [-0.39, 0.29) is 5.38 Å². The Kier molecular flexibility index (Phi) is 8.67. The molecule has 1 nitrogen and oxygen atoms in total. The minimum absolute atomic E-state index is 0.0698. The summed E-state index contributed by atoms with van der Waals surface area (Å²) in [5.74, 6) is 0. The quantitative estimate of drug-likeness (QED) is 0.276. The standard InChI is InChI=1S/C26H38ClN/c1-3-5-11-17-28(18-12-6-4-2)20-26(27)25-19-21-13-7-8-14-22(21)23-15-9-10-16-24(23)25/h9-10,15-16,19,26H,3-8,11-14,17-18,20H2,1-2H3. The first-order valence-corrected chi connectivity index (χ1v) is 12.1. The van der Waals surface area contributed by atoms with Gasteiger partial charge in [-0.15, -0.1) is 11.6 Å². The Morgan fingerprint density at radius 1 is 0.893 bits per heavy atom. The van der Waals surface area contributed by atoms with E-state index in [1.807, 2.05) is 0 Å². The molecule has 2 heteroatoms. The van der Waals surface area contributed by atoms with Crippen LogP contribution in [0, 0.1) is 0 Å². The van der Waals surface area contributed by atoms with Gasteiger partial charge in [0, 0.05) is 6.54 Å². The number of hydrogen-bond donors (Lipinski definition) is 0. The highest BCUT2D eigenvalue weighted by atomic mass is 35.5. The van der Waals surface area contributed by atoms with E-state index in [1.165, 1.54) is 93.6 Å². The van der Waals surface area contributed by atoms with Gasteiger partial charge in [-0.25, -0.2) is 0 Å². The molecule has 0 bridgehead atoms. The van der Waals surface area contributed by atoms with E-state index < -0.39 is 0 Å². The van der Waals surface area contributed by atoms with Gasteiger partial charge in [0.05, 0.1) is 5.38 Å². The van der Waals surface area contributed by atoms with Gasteiger partial charge in [0.15, 0.2) is 0 Å². The molecule has 1 aliphatic carbocycles. The topological polar surface area (TPSA) is 3.24 Å². The molecule has 2 aromatic rings. The van der Waals surface area contributed by atoms with Crippen LogP contribution in [0.3, 0.4) is 0 Å². The second kappa shape index (κ2) is 11.2. The zero-order chi connectivity index (χ0) is 19.8. The highest BCUT2D eigenvalue weighted by Crippen LogP contribution is 2.36. The van der Waals surface area contributed by atoms with Crippen LogP contribution < -0.4 is 0 Å². The van der Waals surface area contributed by atoms with Gasteiger partial charge in [0.25, 0.3) is 0 Å². The van der Waals surface area contributed by atoms with Gasteiger partial charge >= 0.3 is 0 Å². The smallest absolute Gasteiger partial charge is 0.0718 e. The maximum absolute atomic E-state index is 7.11. The first kappa shape index (κ1) is 21.7. The summed E-state index contributed by atoms with van der Waals surface area (Å²) >= 11 is 7.11. The van der Waals surface area contributed by atoms with Gasteiger partial charge < -0.3 is 4.90 Å². The molecule has 0 saturated heterocycles. The van der Waals surface area contributed by atoms with Gasteiger partial charge in [0.2, 0.25) is 0 Å². The van der Waals surface area contributed by atoms with Crippen LogP contribution in [0.25, 0.3) is 10.8 Å². The maximum atomic E-state index is 7.11. The summed E-state index contributed by atoms with van der Waals surface area (Å²) in [4.78, 5) is 2.62. The summed E-state index contributed by atoms with van der Waals surface area (Å²) in [6, 6.07) is 11.4. The molecule has 0 amide bonds.